The summed E-state index contributed by atoms with van der Waals surface area (Å²) in [4.78, 5) is 31.4. The number of anilines is 1. The van der Waals surface area contributed by atoms with E-state index in [-0.39, 0.29) is 12.0 Å². The molecule has 7 heteroatoms. The van der Waals surface area contributed by atoms with E-state index in [0.29, 0.717) is 25.0 Å². The van der Waals surface area contributed by atoms with Crippen LogP contribution in [-0.4, -0.2) is 79.3 Å². The summed E-state index contributed by atoms with van der Waals surface area (Å²) in [5.41, 5.74) is 2.00. The predicted molar refractivity (Wildman–Crippen MR) is 123 cm³/mol. The summed E-state index contributed by atoms with van der Waals surface area (Å²) in [5.74, 6) is 0.546. The maximum Gasteiger partial charge on any atom is 0.407 e. The van der Waals surface area contributed by atoms with Crippen LogP contribution in [0.2, 0.25) is 0 Å². The molecular weight excluding hydrogens is 392 g/mol. The van der Waals surface area contributed by atoms with Crippen molar-refractivity contribution in [2.75, 3.05) is 50.7 Å². The van der Waals surface area contributed by atoms with Crippen molar-refractivity contribution in [3.05, 3.63) is 29.8 Å². The highest BCUT2D eigenvalue weighted by Gasteiger charge is 2.32. The maximum absolute atomic E-state index is 12.9. The van der Waals surface area contributed by atoms with E-state index in [0.717, 1.165) is 39.1 Å². The number of hydrogen-bond donors (Lipinski definition) is 1. The fourth-order valence-corrected chi connectivity index (χ4v) is 4.44. The number of piperazine rings is 1. The fraction of sp³-hybridized carbons (Fsp3) is 0.667. The number of carbonyl (C=O) groups is 2. The Labute approximate surface area is 186 Å². The Morgan fingerprint density at radius 3 is 2.52 bits per heavy atom. The fourth-order valence-electron chi connectivity index (χ4n) is 4.44. The first-order valence-electron chi connectivity index (χ1n) is 11.4. The topological polar surface area (TPSA) is 65.1 Å². The molecule has 1 aromatic rings. The van der Waals surface area contributed by atoms with E-state index in [1.165, 1.54) is 11.3 Å². The number of amides is 2. The number of nitrogens with zero attached hydrogens (tertiary/aromatic N) is 3. The number of nitrogens with one attached hydrogen (secondary N) is 1. The van der Waals surface area contributed by atoms with Crippen molar-refractivity contribution in [3.8, 4) is 0 Å². The molecule has 0 radical (unpaired) electrons. The molecule has 7 nitrogen and oxygen atoms in total. The van der Waals surface area contributed by atoms with Crippen LogP contribution in [0.4, 0.5) is 10.5 Å². The number of benzene rings is 1. The zero-order valence-corrected chi connectivity index (χ0v) is 19.7. The Morgan fingerprint density at radius 2 is 1.87 bits per heavy atom. The Hall–Kier alpha value is -2.28. The van der Waals surface area contributed by atoms with Crippen LogP contribution in [0, 0.1) is 12.8 Å². The van der Waals surface area contributed by atoms with Gasteiger partial charge in [-0.3, -0.25) is 9.69 Å². The highest BCUT2D eigenvalue weighted by atomic mass is 16.6. The van der Waals surface area contributed by atoms with E-state index < -0.39 is 5.60 Å². The number of carbonyl (C=O) groups excluding carboxylic acids is 2. The lowest BCUT2D eigenvalue weighted by atomic mass is 10.1. The van der Waals surface area contributed by atoms with E-state index in [9.17, 15) is 9.59 Å². The van der Waals surface area contributed by atoms with Gasteiger partial charge < -0.3 is 19.9 Å². The van der Waals surface area contributed by atoms with Gasteiger partial charge in [-0.1, -0.05) is 12.1 Å². The van der Waals surface area contributed by atoms with Gasteiger partial charge in [0.15, 0.2) is 0 Å². The van der Waals surface area contributed by atoms with Gasteiger partial charge >= 0.3 is 6.09 Å². The molecule has 2 fully saturated rings. The van der Waals surface area contributed by atoms with Crippen LogP contribution in [0.1, 0.15) is 39.7 Å². The lowest BCUT2D eigenvalue weighted by Gasteiger charge is -2.37. The quantitative estimate of drug-likeness (QED) is 0.778. The van der Waals surface area contributed by atoms with Crippen LogP contribution < -0.4 is 10.2 Å². The summed E-state index contributed by atoms with van der Waals surface area (Å²) in [6, 6.07) is 8.88. The lowest BCUT2D eigenvalue weighted by Crippen LogP contribution is -2.51. The molecule has 3 rings (SSSR count). The van der Waals surface area contributed by atoms with E-state index >= 15 is 0 Å². The molecule has 2 atom stereocenters. The average Bonchev–Trinajstić information content (AvgIpc) is 3.04. The summed E-state index contributed by atoms with van der Waals surface area (Å²) < 4.78 is 5.31. The second kappa shape index (κ2) is 9.90. The molecule has 1 N–H and O–H groups in total. The monoisotopic (exact) mass is 430 g/mol. The molecule has 0 spiro atoms. The minimum Gasteiger partial charge on any atom is -0.444 e. The third-order valence-electron chi connectivity index (χ3n) is 6.06. The second-order valence-electron chi connectivity index (χ2n) is 9.97. The highest BCUT2D eigenvalue weighted by Crippen LogP contribution is 2.23. The van der Waals surface area contributed by atoms with Crippen LogP contribution in [0.25, 0.3) is 0 Å². The number of rotatable bonds is 5. The number of ether oxygens (including phenoxy) is 1. The molecule has 1 aromatic carbocycles. The molecule has 31 heavy (non-hydrogen) atoms. The zero-order chi connectivity index (χ0) is 22.6. The maximum atomic E-state index is 12.9. The van der Waals surface area contributed by atoms with Crippen molar-refractivity contribution in [1.29, 1.82) is 0 Å². The van der Waals surface area contributed by atoms with E-state index in [1.807, 2.05) is 25.7 Å². The minimum absolute atomic E-state index is 0.205. The smallest absolute Gasteiger partial charge is 0.407 e. The number of alkyl carbamates (subject to hydrolysis) is 1. The first-order chi connectivity index (χ1) is 14.6. The molecule has 2 heterocycles. The zero-order valence-electron chi connectivity index (χ0n) is 19.7. The Morgan fingerprint density at radius 1 is 1.16 bits per heavy atom. The largest absolute Gasteiger partial charge is 0.444 e. The van der Waals surface area contributed by atoms with Crippen molar-refractivity contribution < 1.29 is 14.3 Å². The van der Waals surface area contributed by atoms with Crippen molar-refractivity contribution in [3.63, 3.8) is 0 Å². The molecule has 0 aliphatic carbocycles. The normalized spacial score (nSPS) is 22.5. The van der Waals surface area contributed by atoms with Crippen molar-refractivity contribution in [1.82, 2.24) is 15.1 Å². The summed E-state index contributed by atoms with van der Waals surface area (Å²) in [6.45, 7) is 15.0. The van der Waals surface area contributed by atoms with Gasteiger partial charge in [0.1, 0.15) is 5.60 Å². The predicted octanol–water partition coefficient (Wildman–Crippen LogP) is 2.88. The third-order valence-corrected chi connectivity index (χ3v) is 6.06. The van der Waals surface area contributed by atoms with E-state index in [4.69, 9.17) is 4.74 Å². The molecule has 2 amide bonds. The van der Waals surface area contributed by atoms with Gasteiger partial charge in [0.05, 0.1) is 6.54 Å². The van der Waals surface area contributed by atoms with E-state index in [2.05, 4.69) is 53.2 Å². The molecule has 0 unspecified atom stereocenters. The SMILES string of the molecule is Cc1cccc(N2CCN(C(=O)CN3C[C@H](CNC(=O)OC(C)(C)C)C[C@H]3C)CC2)c1. The molecule has 2 aliphatic rings. The van der Waals surface area contributed by atoms with Crippen LogP contribution in [0.3, 0.4) is 0 Å². The summed E-state index contributed by atoms with van der Waals surface area (Å²) >= 11 is 0. The van der Waals surface area contributed by atoms with Gasteiger partial charge in [0.25, 0.3) is 0 Å². The minimum atomic E-state index is -0.491. The number of hydrogen-bond acceptors (Lipinski definition) is 5. The number of likely N-dealkylation sites (tertiary alicyclic amines) is 1. The Balaban J connectivity index is 1.42. The summed E-state index contributed by atoms with van der Waals surface area (Å²) in [6.07, 6.45) is 0.602. The molecule has 0 aromatic heterocycles. The molecule has 0 bridgehead atoms. The Kier molecular flexibility index (Phi) is 7.46. The van der Waals surface area contributed by atoms with Gasteiger partial charge in [-0.15, -0.1) is 0 Å². The van der Waals surface area contributed by atoms with Crippen molar-refractivity contribution in [2.45, 2.75) is 52.7 Å². The molecule has 2 aliphatic heterocycles. The lowest BCUT2D eigenvalue weighted by molar-refractivity contribution is -0.132. The first-order valence-corrected chi connectivity index (χ1v) is 11.4. The van der Waals surface area contributed by atoms with Gasteiger partial charge in [0, 0.05) is 51.0 Å². The van der Waals surface area contributed by atoms with Gasteiger partial charge in [-0.05, 0) is 64.7 Å². The van der Waals surface area contributed by atoms with E-state index in [1.54, 1.807) is 0 Å². The molecule has 2 saturated heterocycles. The second-order valence-corrected chi connectivity index (χ2v) is 9.97. The van der Waals surface area contributed by atoms with Crippen LogP contribution in [0.5, 0.6) is 0 Å². The van der Waals surface area contributed by atoms with Crippen LogP contribution in [-0.2, 0) is 9.53 Å². The Bertz CT molecular complexity index is 768. The number of aryl methyl sites for hydroxylation is 1. The van der Waals surface area contributed by atoms with Crippen LogP contribution >= 0.6 is 0 Å². The van der Waals surface area contributed by atoms with Crippen molar-refractivity contribution >= 4 is 17.7 Å². The standard InChI is InChI=1S/C24H38N4O3/c1-18-7-6-8-21(13-18)26-9-11-27(12-10-26)22(29)17-28-16-20(14-19(28)2)15-25-23(30)31-24(3,4)5/h6-8,13,19-20H,9-12,14-17H2,1-5H3,(H,25,30)/t19-,20+/m1/s1. The molecular formula is C24H38N4O3. The summed E-state index contributed by atoms with van der Waals surface area (Å²) in [5, 5.41) is 2.87. The summed E-state index contributed by atoms with van der Waals surface area (Å²) in [7, 11) is 0. The average molecular weight is 431 g/mol. The third kappa shape index (κ3) is 6.86. The highest BCUT2D eigenvalue weighted by molar-refractivity contribution is 5.78. The van der Waals surface area contributed by atoms with Gasteiger partial charge in [-0.2, -0.15) is 0 Å². The first kappa shape index (κ1) is 23.4. The van der Waals surface area contributed by atoms with Crippen LogP contribution in [0.15, 0.2) is 24.3 Å². The molecule has 0 saturated carbocycles. The van der Waals surface area contributed by atoms with Gasteiger partial charge in [0.2, 0.25) is 5.91 Å². The van der Waals surface area contributed by atoms with Crippen molar-refractivity contribution in [2.24, 2.45) is 5.92 Å². The molecule has 172 valence electrons. The van der Waals surface area contributed by atoms with Gasteiger partial charge in [-0.25, -0.2) is 4.79 Å².